The van der Waals surface area contributed by atoms with Crippen LogP contribution in [0.5, 0.6) is 0 Å². The molecule has 2 heterocycles. The lowest BCUT2D eigenvalue weighted by atomic mass is 10.3. The van der Waals surface area contributed by atoms with Gasteiger partial charge < -0.3 is 9.88 Å². The average Bonchev–Trinajstić information content (AvgIpc) is 2.89. The van der Waals surface area contributed by atoms with Crippen molar-refractivity contribution < 1.29 is 8.78 Å². The molecule has 1 N–H and O–H groups in total. The van der Waals surface area contributed by atoms with Gasteiger partial charge in [-0.2, -0.15) is 8.78 Å². The van der Waals surface area contributed by atoms with Crippen LogP contribution in [0.4, 0.5) is 8.78 Å². The molecule has 17 heavy (non-hydrogen) atoms. The van der Waals surface area contributed by atoms with Crippen LogP contribution in [0.3, 0.4) is 0 Å². The molecular weight excluding hydrogens is 226 g/mol. The van der Waals surface area contributed by atoms with Crippen molar-refractivity contribution in [2.24, 2.45) is 0 Å². The fourth-order valence-electron chi connectivity index (χ4n) is 1.70. The standard InChI is InChI=1S/C11H14F2N4/c1-14-6-9-2-4-16(7-9)8-10-15-3-5-17(10)11(12)13/h2-5,7,11,14H,6,8H2,1H3. The van der Waals surface area contributed by atoms with E-state index in [4.69, 9.17) is 0 Å². The van der Waals surface area contributed by atoms with Crippen molar-refractivity contribution in [1.29, 1.82) is 0 Å². The van der Waals surface area contributed by atoms with Gasteiger partial charge in [-0.3, -0.25) is 4.57 Å². The molecule has 0 saturated heterocycles. The van der Waals surface area contributed by atoms with E-state index in [9.17, 15) is 8.78 Å². The molecule has 0 fully saturated rings. The third-order valence-corrected chi connectivity index (χ3v) is 2.48. The van der Waals surface area contributed by atoms with Gasteiger partial charge in [0.25, 0.3) is 0 Å². The Bertz CT molecular complexity index is 475. The summed E-state index contributed by atoms with van der Waals surface area (Å²) in [5.74, 6) is 0.353. The van der Waals surface area contributed by atoms with Gasteiger partial charge in [-0.05, 0) is 18.7 Å². The second kappa shape index (κ2) is 5.09. The lowest BCUT2D eigenvalue weighted by molar-refractivity contribution is 0.0667. The van der Waals surface area contributed by atoms with E-state index in [2.05, 4.69) is 10.3 Å². The van der Waals surface area contributed by atoms with Crippen LogP contribution >= 0.6 is 0 Å². The molecule has 92 valence electrons. The van der Waals surface area contributed by atoms with Crippen LogP contribution in [-0.4, -0.2) is 21.2 Å². The van der Waals surface area contributed by atoms with Gasteiger partial charge in [0.15, 0.2) is 0 Å². The average molecular weight is 240 g/mol. The van der Waals surface area contributed by atoms with Crippen LogP contribution in [0.2, 0.25) is 0 Å². The van der Waals surface area contributed by atoms with Gasteiger partial charge in [0.2, 0.25) is 0 Å². The normalized spacial score (nSPS) is 11.3. The number of aromatic nitrogens is 3. The van der Waals surface area contributed by atoms with Crippen LogP contribution < -0.4 is 5.32 Å². The van der Waals surface area contributed by atoms with Gasteiger partial charge in [0.1, 0.15) is 5.82 Å². The van der Waals surface area contributed by atoms with E-state index in [1.807, 2.05) is 30.1 Å². The van der Waals surface area contributed by atoms with Gasteiger partial charge in [-0.1, -0.05) is 0 Å². The zero-order valence-corrected chi connectivity index (χ0v) is 9.48. The van der Waals surface area contributed by atoms with Crippen molar-refractivity contribution in [3.8, 4) is 0 Å². The highest BCUT2D eigenvalue weighted by Crippen LogP contribution is 2.13. The third kappa shape index (κ3) is 2.71. The summed E-state index contributed by atoms with van der Waals surface area (Å²) in [5, 5.41) is 3.03. The fraction of sp³-hybridized carbons (Fsp3) is 0.364. The summed E-state index contributed by atoms with van der Waals surface area (Å²) < 4.78 is 27.9. The van der Waals surface area contributed by atoms with Crippen molar-refractivity contribution in [2.75, 3.05) is 7.05 Å². The maximum absolute atomic E-state index is 12.6. The first-order valence-corrected chi connectivity index (χ1v) is 5.30. The SMILES string of the molecule is CNCc1ccn(Cc2nccn2C(F)F)c1. The molecule has 0 unspecified atom stereocenters. The van der Waals surface area contributed by atoms with E-state index in [0.717, 1.165) is 16.7 Å². The first kappa shape index (κ1) is 11.8. The van der Waals surface area contributed by atoms with E-state index in [1.165, 1.54) is 12.4 Å². The number of hydrogen-bond acceptors (Lipinski definition) is 2. The van der Waals surface area contributed by atoms with E-state index in [-0.39, 0.29) is 0 Å². The maximum Gasteiger partial charge on any atom is 0.319 e. The smallest absolute Gasteiger partial charge is 0.319 e. The predicted molar refractivity (Wildman–Crippen MR) is 59.8 cm³/mol. The molecule has 6 heteroatoms. The quantitative estimate of drug-likeness (QED) is 0.865. The summed E-state index contributed by atoms with van der Waals surface area (Å²) in [7, 11) is 1.86. The molecule has 0 radical (unpaired) electrons. The first-order valence-electron chi connectivity index (χ1n) is 5.30. The lowest BCUT2D eigenvalue weighted by Crippen LogP contribution is -2.08. The Hall–Kier alpha value is -1.69. The number of alkyl halides is 2. The van der Waals surface area contributed by atoms with E-state index >= 15 is 0 Å². The summed E-state index contributed by atoms with van der Waals surface area (Å²) in [6.07, 6.45) is 6.45. The van der Waals surface area contributed by atoms with Crippen molar-refractivity contribution in [2.45, 2.75) is 19.6 Å². The Morgan fingerprint density at radius 3 is 2.94 bits per heavy atom. The summed E-state index contributed by atoms with van der Waals surface area (Å²) in [5.41, 5.74) is 1.11. The minimum absolute atomic E-state index is 0.348. The largest absolute Gasteiger partial charge is 0.346 e. The molecule has 0 spiro atoms. The molecule has 2 aromatic heterocycles. The van der Waals surface area contributed by atoms with Crippen LogP contribution in [-0.2, 0) is 13.1 Å². The van der Waals surface area contributed by atoms with Crippen molar-refractivity contribution in [3.63, 3.8) is 0 Å². The Morgan fingerprint density at radius 1 is 1.41 bits per heavy atom. The Morgan fingerprint density at radius 2 is 2.24 bits per heavy atom. The molecule has 0 atom stereocenters. The highest BCUT2D eigenvalue weighted by atomic mass is 19.3. The minimum atomic E-state index is -2.54. The topological polar surface area (TPSA) is 34.8 Å². The molecule has 0 aliphatic carbocycles. The minimum Gasteiger partial charge on any atom is -0.346 e. The second-order valence-corrected chi connectivity index (χ2v) is 3.75. The summed E-state index contributed by atoms with van der Waals surface area (Å²) >= 11 is 0. The van der Waals surface area contributed by atoms with Crippen LogP contribution in [0, 0.1) is 0 Å². The Labute approximate surface area is 97.9 Å². The van der Waals surface area contributed by atoms with Gasteiger partial charge in [0, 0.05) is 31.3 Å². The van der Waals surface area contributed by atoms with Crippen molar-refractivity contribution in [1.82, 2.24) is 19.4 Å². The molecule has 2 rings (SSSR count). The molecular formula is C11H14F2N4. The molecule has 2 aromatic rings. The number of nitrogens with zero attached hydrogens (tertiary/aromatic N) is 3. The molecule has 4 nitrogen and oxygen atoms in total. The Balaban J connectivity index is 2.11. The zero-order valence-electron chi connectivity index (χ0n) is 9.48. The molecule has 0 aliphatic rings. The van der Waals surface area contributed by atoms with Crippen LogP contribution in [0.15, 0.2) is 30.9 Å². The second-order valence-electron chi connectivity index (χ2n) is 3.75. The molecule has 0 saturated carbocycles. The predicted octanol–water partition coefficient (Wildman–Crippen LogP) is 1.85. The lowest BCUT2D eigenvalue weighted by Gasteiger charge is -2.06. The monoisotopic (exact) mass is 240 g/mol. The highest BCUT2D eigenvalue weighted by Gasteiger charge is 2.11. The van der Waals surface area contributed by atoms with Gasteiger partial charge >= 0.3 is 6.55 Å². The maximum atomic E-state index is 12.6. The number of hydrogen-bond donors (Lipinski definition) is 1. The van der Waals surface area contributed by atoms with Crippen molar-refractivity contribution >= 4 is 0 Å². The third-order valence-electron chi connectivity index (χ3n) is 2.48. The van der Waals surface area contributed by atoms with E-state index < -0.39 is 6.55 Å². The number of imidazole rings is 1. The Kier molecular flexibility index (Phi) is 3.53. The number of nitrogens with one attached hydrogen (secondary N) is 1. The van der Waals surface area contributed by atoms with Gasteiger partial charge in [-0.15, -0.1) is 0 Å². The van der Waals surface area contributed by atoms with Gasteiger partial charge in [-0.25, -0.2) is 4.98 Å². The fourth-order valence-corrected chi connectivity index (χ4v) is 1.70. The molecule has 0 aliphatic heterocycles. The summed E-state index contributed by atoms with van der Waals surface area (Å²) in [4.78, 5) is 3.93. The molecule has 0 amide bonds. The van der Waals surface area contributed by atoms with Gasteiger partial charge in [0.05, 0.1) is 6.54 Å². The van der Waals surface area contributed by atoms with E-state index in [1.54, 1.807) is 0 Å². The first-order chi connectivity index (χ1) is 8.20. The number of halogens is 2. The molecule has 0 aromatic carbocycles. The highest BCUT2D eigenvalue weighted by molar-refractivity contribution is 5.11. The molecule has 0 bridgehead atoms. The van der Waals surface area contributed by atoms with E-state index in [0.29, 0.717) is 12.4 Å². The van der Waals surface area contributed by atoms with Crippen LogP contribution in [0.25, 0.3) is 0 Å². The van der Waals surface area contributed by atoms with Crippen molar-refractivity contribution in [3.05, 3.63) is 42.2 Å². The van der Waals surface area contributed by atoms with Crippen LogP contribution in [0.1, 0.15) is 17.9 Å². The zero-order chi connectivity index (χ0) is 12.3. The number of rotatable bonds is 5. The summed E-state index contributed by atoms with van der Waals surface area (Å²) in [6, 6.07) is 1.95. The summed E-state index contributed by atoms with van der Waals surface area (Å²) in [6.45, 7) is -1.43.